The number of nitriles is 1. The van der Waals surface area contributed by atoms with E-state index in [4.69, 9.17) is 29.8 Å². The van der Waals surface area contributed by atoms with Gasteiger partial charge in [0, 0.05) is 5.02 Å². The van der Waals surface area contributed by atoms with Gasteiger partial charge in [0.25, 0.3) is 0 Å². The summed E-state index contributed by atoms with van der Waals surface area (Å²) in [6.07, 6.45) is 0.272. The van der Waals surface area contributed by atoms with E-state index in [0.717, 1.165) is 5.56 Å². The van der Waals surface area contributed by atoms with Crippen LogP contribution >= 0.6 is 23.2 Å². The van der Waals surface area contributed by atoms with Crippen LogP contribution in [0, 0.1) is 17.9 Å². The van der Waals surface area contributed by atoms with E-state index in [0.29, 0.717) is 15.6 Å². The smallest absolute Gasteiger partial charge is 0.288 e. The van der Waals surface area contributed by atoms with E-state index in [1.807, 2.05) is 12.1 Å². The summed E-state index contributed by atoms with van der Waals surface area (Å²) < 4.78 is 0. The molecule has 0 amide bonds. The number of benzene rings is 2. The third-order valence-electron chi connectivity index (χ3n) is 3.07. The predicted octanol–water partition coefficient (Wildman–Crippen LogP) is 4.87. The minimum Gasteiger partial charge on any atom is -0.288 e. The van der Waals surface area contributed by atoms with Crippen molar-refractivity contribution in [2.75, 3.05) is 0 Å². The molecule has 0 aliphatic carbocycles. The van der Waals surface area contributed by atoms with Crippen molar-refractivity contribution in [3.63, 3.8) is 0 Å². The van der Waals surface area contributed by atoms with E-state index in [-0.39, 0.29) is 6.42 Å². The van der Waals surface area contributed by atoms with Gasteiger partial charge >= 0.3 is 5.54 Å². The van der Waals surface area contributed by atoms with Crippen molar-refractivity contribution in [1.29, 1.82) is 5.26 Å². The summed E-state index contributed by atoms with van der Waals surface area (Å²) in [6, 6.07) is 16.2. The Bertz CT molecular complexity index is 680. The molecule has 0 aliphatic heterocycles. The number of rotatable bonds is 3. The Morgan fingerprint density at radius 2 is 1.75 bits per heavy atom. The molecule has 2 aromatic carbocycles. The van der Waals surface area contributed by atoms with Crippen LogP contribution in [0.5, 0.6) is 0 Å². The first kappa shape index (κ1) is 14.4. The number of hydrogen-bond donors (Lipinski definition) is 0. The van der Waals surface area contributed by atoms with E-state index in [9.17, 15) is 5.26 Å². The molecule has 2 aromatic rings. The summed E-state index contributed by atoms with van der Waals surface area (Å²) in [4.78, 5) is 3.56. The Morgan fingerprint density at radius 3 is 2.30 bits per heavy atom. The topological polar surface area (TPSA) is 28.1 Å². The van der Waals surface area contributed by atoms with Crippen LogP contribution in [0.15, 0.2) is 48.5 Å². The molecular weight excluding hydrogens is 291 g/mol. The molecule has 0 radical (unpaired) electrons. The molecule has 0 aromatic heterocycles. The second-order valence-electron chi connectivity index (χ2n) is 4.37. The first-order valence-corrected chi connectivity index (χ1v) is 6.66. The van der Waals surface area contributed by atoms with E-state index in [2.05, 4.69) is 10.9 Å². The third kappa shape index (κ3) is 2.78. The summed E-state index contributed by atoms with van der Waals surface area (Å²) in [7, 11) is 0. The van der Waals surface area contributed by atoms with Crippen molar-refractivity contribution in [3.05, 3.63) is 81.1 Å². The van der Waals surface area contributed by atoms with Gasteiger partial charge in [-0.3, -0.25) is 4.85 Å². The molecule has 4 heteroatoms. The van der Waals surface area contributed by atoms with Gasteiger partial charge in [-0.15, -0.1) is 0 Å². The SMILES string of the molecule is [C-]#[N+]C(C#N)(Cc1ccc(Cl)cc1)c1ccccc1Cl. The fourth-order valence-electron chi connectivity index (χ4n) is 2.01. The summed E-state index contributed by atoms with van der Waals surface area (Å²) in [5.74, 6) is 0. The zero-order chi connectivity index (χ0) is 14.6. The molecule has 98 valence electrons. The van der Waals surface area contributed by atoms with Crippen LogP contribution in [0.2, 0.25) is 10.0 Å². The molecule has 0 saturated heterocycles. The highest BCUT2D eigenvalue weighted by Gasteiger charge is 2.41. The minimum absolute atomic E-state index is 0.272. The molecule has 0 saturated carbocycles. The monoisotopic (exact) mass is 300 g/mol. The Labute approximate surface area is 128 Å². The van der Waals surface area contributed by atoms with Crippen molar-refractivity contribution in [3.8, 4) is 6.07 Å². The van der Waals surface area contributed by atoms with Crippen molar-refractivity contribution in [2.24, 2.45) is 0 Å². The zero-order valence-corrected chi connectivity index (χ0v) is 12.0. The zero-order valence-electron chi connectivity index (χ0n) is 10.5. The van der Waals surface area contributed by atoms with Crippen LogP contribution in [0.4, 0.5) is 0 Å². The molecule has 2 nitrogen and oxygen atoms in total. The van der Waals surface area contributed by atoms with Gasteiger partial charge in [-0.1, -0.05) is 47.5 Å². The molecule has 1 atom stereocenters. The molecular formula is C16H10Cl2N2. The largest absolute Gasteiger partial charge is 0.346 e. The Morgan fingerprint density at radius 1 is 1.10 bits per heavy atom. The Balaban J connectivity index is 2.47. The van der Waals surface area contributed by atoms with E-state index in [1.54, 1.807) is 36.4 Å². The Hall–Kier alpha value is -2.00. The normalized spacial score (nSPS) is 13.0. The average Bonchev–Trinajstić information content (AvgIpc) is 2.48. The number of hydrogen-bond acceptors (Lipinski definition) is 1. The third-order valence-corrected chi connectivity index (χ3v) is 3.65. The fraction of sp³-hybridized carbons (Fsp3) is 0.125. The van der Waals surface area contributed by atoms with Gasteiger partial charge in [-0.05, 0) is 29.8 Å². The summed E-state index contributed by atoms with van der Waals surface area (Å²) in [6.45, 7) is 7.45. The van der Waals surface area contributed by atoms with Crippen LogP contribution in [-0.4, -0.2) is 0 Å². The first-order valence-electron chi connectivity index (χ1n) is 5.90. The fourth-order valence-corrected chi connectivity index (χ4v) is 2.43. The standard InChI is InChI=1S/C16H10Cl2N2/c1-20-16(11-19,14-4-2-3-5-15(14)18)10-12-6-8-13(17)9-7-12/h2-9H,10H2. The maximum Gasteiger partial charge on any atom is 0.346 e. The maximum absolute atomic E-state index is 9.52. The molecule has 0 aliphatic rings. The Kier molecular flexibility index (Phi) is 4.30. The lowest BCUT2D eigenvalue weighted by atomic mass is 9.86. The van der Waals surface area contributed by atoms with Crippen molar-refractivity contribution >= 4 is 23.2 Å². The minimum atomic E-state index is -1.31. The number of halogens is 2. The van der Waals surface area contributed by atoms with Gasteiger partial charge in [0.2, 0.25) is 0 Å². The van der Waals surface area contributed by atoms with Gasteiger partial charge in [-0.2, -0.15) is 5.26 Å². The average molecular weight is 301 g/mol. The second-order valence-corrected chi connectivity index (χ2v) is 5.21. The second kappa shape index (κ2) is 5.97. The van der Waals surface area contributed by atoms with Crippen LogP contribution < -0.4 is 0 Å². The van der Waals surface area contributed by atoms with Crippen molar-refractivity contribution in [2.45, 2.75) is 12.0 Å². The molecule has 0 fully saturated rings. The van der Waals surface area contributed by atoms with E-state index in [1.165, 1.54) is 0 Å². The van der Waals surface area contributed by atoms with Gasteiger partial charge in [-0.25, -0.2) is 6.57 Å². The number of nitrogens with zero attached hydrogens (tertiary/aromatic N) is 2. The van der Waals surface area contributed by atoms with E-state index >= 15 is 0 Å². The molecule has 0 N–H and O–H groups in total. The lowest BCUT2D eigenvalue weighted by Crippen LogP contribution is -2.23. The summed E-state index contributed by atoms with van der Waals surface area (Å²) in [5.41, 5.74) is 0.0904. The quantitative estimate of drug-likeness (QED) is 0.743. The van der Waals surface area contributed by atoms with Gasteiger partial charge in [0.1, 0.15) is 0 Å². The molecule has 0 spiro atoms. The molecule has 2 rings (SSSR count). The molecule has 0 bridgehead atoms. The maximum atomic E-state index is 9.52. The van der Waals surface area contributed by atoms with Crippen LogP contribution in [0.3, 0.4) is 0 Å². The molecule has 0 heterocycles. The van der Waals surface area contributed by atoms with Crippen LogP contribution in [0.1, 0.15) is 11.1 Å². The van der Waals surface area contributed by atoms with Gasteiger partial charge in [0.05, 0.1) is 17.0 Å². The predicted molar refractivity (Wildman–Crippen MR) is 80.5 cm³/mol. The lowest BCUT2D eigenvalue weighted by Gasteiger charge is -2.16. The van der Waals surface area contributed by atoms with E-state index < -0.39 is 5.54 Å². The lowest BCUT2D eigenvalue weighted by molar-refractivity contribution is 0.674. The van der Waals surface area contributed by atoms with Crippen LogP contribution in [-0.2, 0) is 12.0 Å². The summed E-state index contributed by atoms with van der Waals surface area (Å²) in [5, 5.41) is 10.6. The van der Waals surface area contributed by atoms with Gasteiger partial charge in [0.15, 0.2) is 6.07 Å². The first-order chi connectivity index (χ1) is 9.61. The highest BCUT2D eigenvalue weighted by Crippen LogP contribution is 2.34. The van der Waals surface area contributed by atoms with Crippen molar-refractivity contribution in [1.82, 2.24) is 0 Å². The molecule has 20 heavy (non-hydrogen) atoms. The highest BCUT2D eigenvalue weighted by atomic mass is 35.5. The van der Waals surface area contributed by atoms with Crippen LogP contribution in [0.25, 0.3) is 4.85 Å². The van der Waals surface area contributed by atoms with Gasteiger partial charge < -0.3 is 0 Å². The highest BCUT2D eigenvalue weighted by molar-refractivity contribution is 6.31. The van der Waals surface area contributed by atoms with Crippen molar-refractivity contribution < 1.29 is 0 Å². The molecule has 1 unspecified atom stereocenters. The summed E-state index contributed by atoms with van der Waals surface area (Å²) >= 11 is 12.0.